The first kappa shape index (κ1) is 14.9. The van der Waals surface area contributed by atoms with Crippen molar-refractivity contribution in [3.05, 3.63) is 5.28 Å². The van der Waals surface area contributed by atoms with Crippen molar-refractivity contribution in [1.29, 1.82) is 0 Å². The van der Waals surface area contributed by atoms with E-state index in [0.717, 1.165) is 0 Å². The average Bonchev–Trinajstić information content (AvgIpc) is 2.33. The molecule has 0 aromatic carbocycles. The number of nitrogens with one attached hydrogen (secondary N) is 1. The maximum atomic E-state index is 10.0. The monoisotopic (exact) mass is 276 g/mol. The summed E-state index contributed by atoms with van der Waals surface area (Å²) in [7, 11) is 3.02. The highest BCUT2D eigenvalue weighted by molar-refractivity contribution is 6.28. The van der Waals surface area contributed by atoms with E-state index in [1.54, 1.807) is 14.0 Å². The smallest absolute Gasteiger partial charge is 0.322 e. The van der Waals surface area contributed by atoms with E-state index >= 15 is 0 Å². The van der Waals surface area contributed by atoms with Gasteiger partial charge >= 0.3 is 6.01 Å². The summed E-state index contributed by atoms with van der Waals surface area (Å²) in [6.45, 7) is 2.43. The Balaban J connectivity index is 2.59. The predicted molar refractivity (Wildman–Crippen MR) is 67.0 cm³/mol. The van der Waals surface area contributed by atoms with Crippen LogP contribution in [0.5, 0.6) is 6.01 Å². The summed E-state index contributed by atoms with van der Waals surface area (Å²) in [5, 5.41) is 12.9. The van der Waals surface area contributed by atoms with Gasteiger partial charge < -0.3 is 19.9 Å². The summed E-state index contributed by atoms with van der Waals surface area (Å²) in [5.74, 6) is 0.254. The Morgan fingerprint density at radius 3 is 2.67 bits per heavy atom. The van der Waals surface area contributed by atoms with Gasteiger partial charge in [-0.05, 0) is 18.5 Å². The molecule has 0 saturated heterocycles. The lowest BCUT2D eigenvalue weighted by Crippen LogP contribution is -2.35. The number of hydrogen-bond donors (Lipinski definition) is 2. The summed E-state index contributed by atoms with van der Waals surface area (Å²) in [6, 6.07) is 0.119. The molecular weight excluding hydrogens is 260 g/mol. The van der Waals surface area contributed by atoms with E-state index in [-0.39, 0.29) is 23.8 Å². The largest absolute Gasteiger partial charge is 0.467 e. The van der Waals surface area contributed by atoms with Gasteiger partial charge in [0.15, 0.2) is 0 Å². The van der Waals surface area contributed by atoms with Gasteiger partial charge in [0.1, 0.15) is 0 Å². The normalized spacial score (nSPS) is 14.1. The van der Waals surface area contributed by atoms with Gasteiger partial charge in [-0.2, -0.15) is 15.0 Å². The first-order valence-electron chi connectivity index (χ1n) is 5.37. The number of ether oxygens (including phenoxy) is 2. The van der Waals surface area contributed by atoms with Crippen LogP contribution in [0.2, 0.25) is 5.28 Å². The van der Waals surface area contributed by atoms with Crippen LogP contribution in [0.15, 0.2) is 0 Å². The molecule has 1 aromatic heterocycles. The number of methoxy groups -OCH3 is 2. The SMILES string of the molecule is COCCC(C)(O)CNc1nc(Cl)nc(OC)n1. The van der Waals surface area contributed by atoms with Gasteiger partial charge in [-0.3, -0.25) is 0 Å². The van der Waals surface area contributed by atoms with Gasteiger partial charge in [-0.25, -0.2) is 0 Å². The zero-order valence-corrected chi connectivity index (χ0v) is 11.4. The van der Waals surface area contributed by atoms with Crippen LogP contribution < -0.4 is 10.1 Å². The highest BCUT2D eigenvalue weighted by atomic mass is 35.5. The van der Waals surface area contributed by atoms with Gasteiger partial charge in [0, 0.05) is 26.7 Å². The zero-order chi connectivity index (χ0) is 13.6. The third-order valence-corrected chi connectivity index (χ3v) is 2.41. The minimum atomic E-state index is -0.928. The van der Waals surface area contributed by atoms with E-state index in [2.05, 4.69) is 20.3 Å². The van der Waals surface area contributed by atoms with Crippen molar-refractivity contribution < 1.29 is 14.6 Å². The first-order valence-corrected chi connectivity index (χ1v) is 5.75. The second-order valence-electron chi connectivity index (χ2n) is 4.01. The Bertz CT molecular complexity index is 389. The van der Waals surface area contributed by atoms with Gasteiger partial charge in [-0.15, -0.1) is 0 Å². The number of aliphatic hydroxyl groups is 1. The maximum Gasteiger partial charge on any atom is 0.322 e. The Labute approximate surface area is 111 Å². The molecule has 102 valence electrons. The number of rotatable bonds is 7. The second-order valence-corrected chi connectivity index (χ2v) is 4.35. The standard InChI is InChI=1S/C10H17ClN4O3/c1-10(16,4-5-17-2)6-12-8-13-7(11)14-9(15-8)18-3/h16H,4-6H2,1-3H3,(H,12,13,14,15). The van der Waals surface area contributed by atoms with Crippen molar-refractivity contribution >= 4 is 17.5 Å². The minimum absolute atomic E-state index is 0.0286. The molecule has 1 aromatic rings. The van der Waals surface area contributed by atoms with Crippen LogP contribution in [0, 0.1) is 0 Å². The minimum Gasteiger partial charge on any atom is -0.467 e. The molecule has 0 fully saturated rings. The molecule has 18 heavy (non-hydrogen) atoms. The fourth-order valence-corrected chi connectivity index (χ4v) is 1.33. The van der Waals surface area contributed by atoms with Gasteiger partial charge in [0.05, 0.1) is 12.7 Å². The van der Waals surface area contributed by atoms with Crippen LogP contribution >= 0.6 is 11.6 Å². The molecule has 0 aliphatic rings. The molecule has 0 radical (unpaired) electrons. The van der Waals surface area contributed by atoms with E-state index in [9.17, 15) is 5.11 Å². The van der Waals surface area contributed by atoms with E-state index in [0.29, 0.717) is 13.0 Å². The summed E-state index contributed by atoms with van der Waals surface area (Å²) in [6.07, 6.45) is 0.493. The summed E-state index contributed by atoms with van der Waals surface area (Å²) >= 11 is 5.70. The van der Waals surface area contributed by atoms with Gasteiger partial charge in [0.25, 0.3) is 0 Å². The molecule has 7 nitrogen and oxygen atoms in total. The van der Waals surface area contributed by atoms with Crippen LogP contribution in [-0.2, 0) is 4.74 Å². The number of halogens is 1. The van der Waals surface area contributed by atoms with Crippen molar-refractivity contribution in [3.63, 3.8) is 0 Å². The number of hydrogen-bond acceptors (Lipinski definition) is 7. The molecule has 0 bridgehead atoms. The first-order chi connectivity index (χ1) is 8.46. The topological polar surface area (TPSA) is 89.4 Å². The average molecular weight is 277 g/mol. The third-order valence-electron chi connectivity index (χ3n) is 2.24. The van der Waals surface area contributed by atoms with Crippen LogP contribution in [0.1, 0.15) is 13.3 Å². The quantitative estimate of drug-likeness (QED) is 0.759. The maximum absolute atomic E-state index is 10.0. The lowest BCUT2D eigenvalue weighted by atomic mass is 10.0. The fourth-order valence-electron chi connectivity index (χ4n) is 1.18. The molecule has 0 spiro atoms. The Kier molecular flexibility index (Phi) is 5.52. The molecule has 1 atom stereocenters. The Hall–Kier alpha value is -1.18. The molecule has 0 aliphatic carbocycles. The van der Waals surface area contributed by atoms with Crippen molar-refractivity contribution in [2.24, 2.45) is 0 Å². The molecule has 0 amide bonds. The van der Waals surface area contributed by atoms with Crippen molar-refractivity contribution in [3.8, 4) is 6.01 Å². The van der Waals surface area contributed by atoms with Crippen LogP contribution in [-0.4, -0.2) is 53.0 Å². The number of aromatic nitrogens is 3. The third kappa shape index (κ3) is 4.99. The lowest BCUT2D eigenvalue weighted by molar-refractivity contribution is 0.0356. The fraction of sp³-hybridized carbons (Fsp3) is 0.700. The predicted octanol–water partition coefficient (Wildman–Crippen LogP) is 0.733. The zero-order valence-electron chi connectivity index (χ0n) is 10.6. The van der Waals surface area contributed by atoms with Crippen molar-refractivity contribution in [2.75, 3.05) is 32.7 Å². The summed E-state index contributed by atoms with van der Waals surface area (Å²) < 4.78 is 9.78. The Morgan fingerprint density at radius 1 is 1.33 bits per heavy atom. The lowest BCUT2D eigenvalue weighted by Gasteiger charge is -2.23. The second kappa shape index (κ2) is 6.67. The van der Waals surface area contributed by atoms with Crippen LogP contribution in [0.4, 0.5) is 5.95 Å². The number of anilines is 1. The van der Waals surface area contributed by atoms with Gasteiger partial charge in [-0.1, -0.05) is 0 Å². The van der Waals surface area contributed by atoms with Gasteiger partial charge in [0.2, 0.25) is 11.2 Å². The summed E-state index contributed by atoms with van der Waals surface area (Å²) in [5.41, 5.74) is -0.928. The highest BCUT2D eigenvalue weighted by Crippen LogP contribution is 2.13. The van der Waals surface area contributed by atoms with E-state index in [1.165, 1.54) is 7.11 Å². The number of nitrogens with zero attached hydrogens (tertiary/aromatic N) is 3. The van der Waals surface area contributed by atoms with Crippen LogP contribution in [0.3, 0.4) is 0 Å². The van der Waals surface area contributed by atoms with E-state index in [4.69, 9.17) is 21.1 Å². The van der Waals surface area contributed by atoms with Crippen molar-refractivity contribution in [1.82, 2.24) is 15.0 Å². The molecule has 1 heterocycles. The molecular formula is C10H17ClN4O3. The highest BCUT2D eigenvalue weighted by Gasteiger charge is 2.20. The molecule has 1 rings (SSSR count). The van der Waals surface area contributed by atoms with E-state index in [1.807, 2.05) is 0 Å². The molecule has 0 aliphatic heterocycles. The van der Waals surface area contributed by atoms with Crippen molar-refractivity contribution in [2.45, 2.75) is 18.9 Å². The summed E-state index contributed by atoms with van der Waals surface area (Å²) in [4.78, 5) is 11.6. The van der Waals surface area contributed by atoms with E-state index < -0.39 is 5.60 Å². The van der Waals surface area contributed by atoms with Crippen LogP contribution in [0.25, 0.3) is 0 Å². The molecule has 1 unspecified atom stereocenters. The molecule has 8 heteroatoms. The Morgan fingerprint density at radius 2 is 2.06 bits per heavy atom. The molecule has 2 N–H and O–H groups in total. The molecule has 0 saturated carbocycles.